The molecule has 1 aromatic heterocycles. The van der Waals surface area contributed by atoms with E-state index in [0.717, 1.165) is 5.56 Å². The van der Waals surface area contributed by atoms with Gasteiger partial charge in [0.1, 0.15) is 11.7 Å². The van der Waals surface area contributed by atoms with Crippen molar-refractivity contribution >= 4 is 11.9 Å². The van der Waals surface area contributed by atoms with Gasteiger partial charge in [-0.25, -0.2) is 4.79 Å². The molecule has 1 saturated carbocycles. The molecule has 1 atom stereocenters. The number of nitrogens with one attached hydrogen (secondary N) is 1. The lowest BCUT2D eigenvalue weighted by atomic mass is 10.0. The fourth-order valence-electron chi connectivity index (χ4n) is 1.93. The van der Waals surface area contributed by atoms with E-state index >= 15 is 0 Å². The highest BCUT2D eigenvalue weighted by Gasteiger charge is 2.26. The SMILES string of the molecule is CC(C)[C@H](NC(=O)c1ccc(C2CC2)cn1)C(=O)O. The lowest BCUT2D eigenvalue weighted by molar-refractivity contribution is -0.140. The van der Waals surface area contributed by atoms with Crippen LogP contribution < -0.4 is 5.32 Å². The molecular weight excluding hydrogens is 244 g/mol. The number of carboxylic acids is 1. The van der Waals surface area contributed by atoms with E-state index in [-0.39, 0.29) is 11.6 Å². The van der Waals surface area contributed by atoms with Crippen LogP contribution in [0.3, 0.4) is 0 Å². The highest BCUT2D eigenvalue weighted by molar-refractivity contribution is 5.95. The van der Waals surface area contributed by atoms with Gasteiger partial charge in [0.25, 0.3) is 5.91 Å². The normalized spacial score (nSPS) is 16.2. The Bertz CT molecular complexity index is 478. The van der Waals surface area contributed by atoms with Crippen LogP contribution in [-0.2, 0) is 4.79 Å². The minimum Gasteiger partial charge on any atom is -0.480 e. The van der Waals surface area contributed by atoms with Crippen LogP contribution in [0.2, 0.25) is 0 Å². The van der Waals surface area contributed by atoms with Gasteiger partial charge in [-0.3, -0.25) is 9.78 Å². The second-order valence-electron chi connectivity index (χ2n) is 5.28. The van der Waals surface area contributed by atoms with Crippen molar-refractivity contribution in [1.82, 2.24) is 10.3 Å². The first-order chi connectivity index (χ1) is 8.99. The molecule has 102 valence electrons. The third-order valence-electron chi connectivity index (χ3n) is 3.29. The van der Waals surface area contributed by atoms with E-state index in [1.807, 2.05) is 6.07 Å². The number of rotatable bonds is 5. The first-order valence-corrected chi connectivity index (χ1v) is 6.48. The van der Waals surface area contributed by atoms with Crippen LogP contribution in [0.5, 0.6) is 0 Å². The predicted molar refractivity (Wildman–Crippen MR) is 69.9 cm³/mol. The summed E-state index contributed by atoms with van der Waals surface area (Å²) in [4.78, 5) is 27.1. The summed E-state index contributed by atoms with van der Waals surface area (Å²) in [5.74, 6) is -1.05. The first kappa shape index (κ1) is 13.5. The fourth-order valence-corrected chi connectivity index (χ4v) is 1.93. The zero-order valence-corrected chi connectivity index (χ0v) is 11.1. The van der Waals surface area contributed by atoms with E-state index in [4.69, 9.17) is 5.11 Å². The summed E-state index contributed by atoms with van der Waals surface area (Å²) in [6, 6.07) is 2.66. The molecule has 1 aliphatic carbocycles. The van der Waals surface area contributed by atoms with Crippen LogP contribution in [0.15, 0.2) is 18.3 Å². The van der Waals surface area contributed by atoms with Crippen LogP contribution in [-0.4, -0.2) is 28.0 Å². The summed E-state index contributed by atoms with van der Waals surface area (Å²) in [6.45, 7) is 3.51. The zero-order chi connectivity index (χ0) is 14.0. The van der Waals surface area contributed by atoms with Crippen molar-refractivity contribution in [3.63, 3.8) is 0 Å². The number of hydrogen-bond donors (Lipinski definition) is 2. The van der Waals surface area contributed by atoms with Gasteiger partial charge in [0.2, 0.25) is 0 Å². The summed E-state index contributed by atoms with van der Waals surface area (Å²) in [5.41, 5.74) is 1.41. The van der Waals surface area contributed by atoms with Crippen LogP contribution in [0.25, 0.3) is 0 Å². The van der Waals surface area contributed by atoms with Crippen molar-refractivity contribution in [1.29, 1.82) is 0 Å². The van der Waals surface area contributed by atoms with Gasteiger partial charge in [-0.1, -0.05) is 19.9 Å². The number of carbonyl (C=O) groups excluding carboxylic acids is 1. The second-order valence-corrected chi connectivity index (χ2v) is 5.28. The quantitative estimate of drug-likeness (QED) is 0.848. The van der Waals surface area contributed by atoms with E-state index in [9.17, 15) is 9.59 Å². The molecule has 5 heteroatoms. The zero-order valence-electron chi connectivity index (χ0n) is 11.1. The molecule has 0 unspecified atom stereocenters. The maximum Gasteiger partial charge on any atom is 0.326 e. The van der Waals surface area contributed by atoms with Gasteiger partial charge >= 0.3 is 5.97 Å². The van der Waals surface area contributed by atoms with E-state index < -0.39 is 17.9 Å². The molecule has 0 radical (unpaired) electrons. The molecule has 1 fully saturated rings. The maximum atomic E-state index is 11.9. The summed E-state index contributed by atoms with van der Waals surface area (Å²) >= 11 is 0. The summed E-state index contributed by atoms with van der Waals surface area (Å²) < 4.78 is 0. The van der Waals surface area contributed by atoms with E-state index in [2.05, 4.69) is 10.3 Å². The van der Waals surface area contributed by atoms with Crippen molar-refractivity contribution in [3.05, 3.63) is 29.6 Å². The van der Waals surface area contributed by atoms with Gasteiger partial charge in [0, 0.05) is 6.20 Å². The van der Waals surface area contributed by atoms with Crippen molar-refractivity contribution in [3.8, 4) is 0 Å². The Kier molecular flexibility index (Phi) is 3.83. The largest absolute Gasteiger partial charge is 0.480 e. The summed E-state index contributed by atoms with van der Waals surface area (Å²) in [6.07, 6.45) is 4.07. The number of nitrogens with zero attached hydrogens (tertiary/aromatic N) is 1. The van der Waals surface area contributed by atoms with Gasteiger partial charge in [0.05, 0.1) is 0 Å². The number of hydrogen-bond acceptors (Lipinski definition) is 3. The molecule has 19 heavy (non-hydrogen) atoms. The van der Waals surface area contributed by atoms with Gasteiger partial charge in [-0.2, -0.15) is 0 Å². The fraction of sp³-hybridized carbons (Fsp3) is 0.500. The standard InChI is InChI=1S/C14H18N2O3/c1-8(2)12(14(18)19)16-13(17)11-6-5-10(7-15-11)9-3-4-9/h5-9,12H,3-4H2,1-2H3,(H,16,17)(H,18,19)/t12-/m0/s1. The van der Waals surface area contributed by atoms with Crippen molar-refractivity contribution in [2.24, 2.45) is 5.92 Å². The molecule has 0 aliphatic heterocycles. The summed E-state index contributed by atoms with van der Waals surface area (Å²) in [7, 11) is 0. The summed E-state index contributed by atoms with van der Waals surface area (Å²) in [5, 5.41) is 11.5. The highest BCUT2D eigenvalue weighted by Crippen LogP contribution is 2.39. The van der Waals surface area contributed by atoms with Crippen LogP contribution in [0, 0.1) is 5.92 Å². The van der Waals surface area contributed by atoms with Crippen molar-refractivity contribution < 1.29 is 14.7 Å². The van der Waals surface area contributed by atoms with E-state index in [0.29, 0.717) is 5.92 Å². The molecule has 0 saturated heterocycles. The Labute approximate surface area is 112 Å². The number of carboxylic acid groups (broad SMARTS) is 1. The lowest BCUT2D eigenvalue weighted by Gasteiger charge is -2.17. The van der Waals surface area contributed by atoms with Crippen molar-refractivity contribution in [2.45, 2.75) is 38.6 Å². The topological polar surface area (TPSA) is 79.3 Å². The third kappa shape index (κ3) is 3.30. The molecule has 5 nitrogen and oxygen atoms in total. The number of carbonyl (C=O) groups is 2. The minimum absolute atomic E-state index is 0.174. The first-order valence-electron chi connectivity index (χ1n) is 6.48. The maximum absolute atomic E-state index is 11.9. The molecule has 2 rings (SSSR count). The lowest BCUT2D eigenvalue weighted by Crippen LogP contribution is -2.44. The van der Waals surface area contributed by atoms with Crippen molar-refractivity contribution in [2.75, 3.05) is 0 Å². The van der Waals surface area contributed by atoms with Crippen LogP contribution >= 0.6 is 0 Å². The van der Waals surface area contributed by atoms with Gasteiger partial charge in [-0.05, 0) is 36.3 Å². The van der Waals surface area contributed by atoms with Gasteiger partial charge in [-0.15, -0.1) is 0 Å². The molecule has 1 amide bonds. The molecule has 0 aromatic carbocycles. The van der Waals surface area contributed by atoms with Crippen LogP contribution in [0.4, 0.5) is 0 Å². The molecule has 1 aromatic rings. The van der Waals surface area contributed by atoms with Crippen LogP contribution in [0.1, 0.15) is 48.7 Å². The molecule has 1 heterocycles. The average Bonchev–Trinajstić information content (AvgIpc) is 3.19. The number of aliphatic carboxylic acids is 1. The highest BCUT2D eigenvalue weighted by atomic mass is 16.4. The monoisotopic (exact) mass is 262 g/mol. The second kappa shape index (κ2) is 5.38. The van der Waals surface area contributed by atoms with E-state index in [1.165, 1.54) is 12.8 Å². The predicted octanol–water partition coefficient (Wildman–Crippen LogP) is 1.80. The molecular formula is C14H18N2O3. The molecule has 2 N–H and O–H groups in total. The smallest absolute Gasteiger partial charge is 0.326 e. The average molecular weight is 262 g/mol. The molecule has 0 spiro atoms. The molecule has 1 aliphatic rings. The number of aromatic nitrogens is 1. The third-order valence-corrected chi connectivity index (χ3v) is 3.29. The Balaban J connectivity index is 2.04. The minimum atomic E-state index is -1.03. The Morgan fingerprint density at radius 1 is 1.37 bits per heavy atom. The van der Waals surface area contributed by atoms with E-state index in [1.54, 1.807) is 26.1 Å². The Morgan fingerprint density at radius 3 is 2.47 bits per heavy atom. The molecule has 0 bridgehead atoms. The Hall–Kier alpha value is -1.91. The Morgan fingerprint density at radius 2 is 2.05 bits per heavy atom. The number of amides is 1. The van der Waals surface area contributed by atoms with Gasteiger partial charge in [0.15, 0.2) is 0 Å². The number of pyridine rings is 1. The van der Waals surface area contributed by atoms with Gasteiger partial charge < -0.3 is 10.4 Å².